The number of benzene rings is 8. The third-order valence-electron chi connectivity index (χ3n) is 10.1. The Morgan fingerprint density at radius 3 is 1.12 bits per heavy atom. The predicted octanol–water partition coefficient (Wildman–Crippen LogP) is 14.0. The molecule has 0 radical (unpaired) electrons. The normalized spacial score (nSPS) is 11.2. The average Bonchev–Trinajstić information content (AvgIpc) is 3.65. The first kappa shape index (κ1) is 33.4. The van der Waals surface area contributed by atoms with E-state index in [2.05, 4.69) is 150 Å². The van der Waals surface area contributed by atoms with Gasteiger partial charge >= 0.3 is 0 Å². The molecule has 0 bridgehead atoms. The smallest absolute Gasteiger partial charge is 0.164 e. The van der Waals surface area contributed by atoms with Crippen LogP contribution in [0.2, 0.25) is 0 Å². The average molecular weight is 735 g/mol. The van der Waals surface area contributed by atoms with Crippen LogP contribution in [-0.2, 0) is 0 Å². The molecule has 2 aromatic heterocycles. The highest BCUT2D eigenvalue weighted by Gasteiger charge is 2.16. The lowest BCUT2D eigenvalue weighted by Gasteiger charge is -2.26. The van der Waals surface area contributed by atoms with Crippen LogP contribution in [0.3, 0.4) is 0 Å². The summed E-state index contributed by atoms with van der Waals surface area (Å²) in [7, 11) is 0. The Morgan fingerprint density at radius 1 is 0.286 bits per heavy atom. The van der Waals surface area contributed by atoms with E-state index in [1.54, 1.807) is 11.3 Å². The molecular formula is C51H34N4S. The van der Waals surface area contributed by atoms with Gasteiger partial charge in [0.25, 0.3) is 0 Å². The van der Waals surface area contributed by atoms with Gasteiger partial charge in [-0.2, -0.15) is 0 Å². The van der Waals surface area contributed by atoms with E-state index in [0.717, 1.165) is 33.8 Å². The van der Waals surface area contributed by atoms with Crippen molar-refractivity contribution in [3.63, 3.8) is 0 Å². The lowest BCUT2D eigenvalue weighted by Crippen LogP contribution is -2.09. The third kappa shape index (κ3) is 6.51. The molecule has 10 aromatic rings. The van der Waals surface area contributed by atoms with Crippen LogP contribution >= 0.6 is 11.3 Å². The number of anilines is 3. The van der Waals surface area contributed by atoms with Crippen molar-refractivity contribution in [2.24, 2.45) is 0 Å². The molecule has 0 unspecified atom stereocenters. The Balaban J connectivity index is 0.976. The topological polar surface area (TPSA) is 41.9 Å². The van der Waals surface area contributed by atoms with Gasteiger partial charge < -0.3 is 4.90 Å². The summed E-state index contributed by atoms with van der Waals surface area (Å²) < 4.78 is 2.44. The maximum atomic E-state index is 4.97. The molecule has 0 N–H and O–H groups in total. The fourth-order valence-electron chi connectivity index (χ4n) is 7.29. The number of hydrogen-bond donors (Lipinski definition) is 0. The summed E-state index contributed by atoms with van der Waals surface area (Å²) in [6, 6.07) is 72.4. The van der Waals surface area contributed by atoms with E-state index in [1.807, 2.05) is 60.7 Å². The van der Waals surface area contributed by atoms with Crippen LogP contribution in [0, 0.1) is 0 Å². The minimum absolute atomic E-state index is 0.661. The minimum atomic E-state index is 0.661. The van der Waals surface area contributed by atoms with Gasteiger partial charge in [0.1, 0.15) is 0 Å². The zero-order valence-corrected chi connectivity index (χ0v) is 31.1. The zero-order chi connectivity index (χ0) is 37.3. The Kier molecular flexibility index (Phi) is 8.67. The number of thiophene rings is 1. The van der Waals surface area contributed by atoms with Gasteiger partial charge in [-0.3, -0.25) is 0 Å². The fourth-order valence-corrected chi connectivity index (χ4v) is 8.48. The van der Waals surface area contributed by atoms with Crippen LogP contribution in [0.1, 0.15) is 0 Å². The first-order chi connectivity index (χ1) is 27.7. The highest BCUT2D eigenvalue weighted by Crippen LogP contribution is 2.40. The number of nitrogens with zero attached hydrogens (tertiary/aromatic N) is 4. The molecule has 0 fully saturated rings. The van der Waals surface area contributed by atoms with Crippen molar-refractivity contribution in [2.45, 2.75) is 0 Å². The molecule has 2 heterocycles. The Labute approximate surface area is 329 Å². The first-order valence-electron chi connectivity index (χ1n) is 18.7. The van der Waals surface area contributed by atoms with Crippen molar-refractivity contribution in [3.05, 3.63) is 206 Å². The molecular weight excluding hydrogens is 701 g/mol. The van der Waals surface area contributed by atoms with Crippen molar-refractivity contribution in [3.8, 4) is 56.4 Å². The summed E-state index contributed by atoms with van der Waals surface area (Å²) in [5, 5.41) is 2.48. The van der Waals surface area contributed by atoms with Crippen molar-refractivity contribution < 1.29 is 0 Å². The van der Waals surface area contributed by atoms with Crippen molar-refractivity contribution in [1.29, 1.82) is 0 Å². The summed E-state index contributed by atoms with van der Waals surface area (Å²) in [4.78, 5) is 17.1. The summed E-state index contributed by atoms with van der Waals surface area (Å²) in [5.74, 6) is 1.98. The molecule has 0 saturated carbocycles. The highest BCUT2D eigenvalue weighted by molar-refractivity contribution is 7.25. The maximum absolute atomic E-state index is 4.97. The zero-order valence-electron chi connectivity index (χ0n) is 30.3. The van der Waals surface area contributed by atoms with E-state index in [9.17, 15) is 0 Å². The third-order valence-corrected chi connectivity index (χ3v) is 11.3. The van der Waals surface area contributed by atoms with E-state index in [4.69, 9.17) is 15.0 Å². The number of para-hydroxylation sites is 1. The van der Waals surface area contributed by atoms with E-state index in [0.29, 0.717) is 17.5 Å². The molecule has 10 rings (SSSR count). The SMILES string of the molecule is c1ccc(-c2ccc(N(c3ccccc3)c3ccc(-c4ccc5c(c4)sc4cc(-c6nc(-c7ccccc7)nc(-c7ccccc7)n6)ccc45)cc3)cc2)cc1. The van der Waals surface area contributed by atoms with Crippen LogP contribution in [0.4, 0.5) is 17.1 Å². The highest BCUT2D eigenvalue weighted by atomic mass is 32.1. The molecule has 0 aliphatic carbocycles. The van der Waals surface area contributed by atoms with E-state index in [-0.39, 0.29) is 0 Å². The number of rotatable bonds is 8. The molecule has 0 aliphatic heterocycles. The molecule has 264 valence electrons. The molecule has 0 spiro atoms. The standard InChI is InChI=1S/C51H34N4S/c1-5-13-35(14-6-1)36-21-27-43(28-22-36)55(42-19-11-4-12-20-42)44-29-23-37(24-30-44)40-25-31-45-46-32-26-41(34-48(46)56-47(45)33-40)51-53-49(38-15-7-2-8-16-38)52-50(54-51)39-17-9-3-10-18-39/h1-34H. The molecule has 0 atom stereocenters. The van der Waals surface area contributed by atoms with Gasteiger partial charge in [0.05, 0.1) is 0 Å². The molecule has 5 heteroatoms. The van der Waals surface area contributed by atoms with Gasteiger partial charge in [-0.05, 0) is 70.8 Å². The van der Waals surface area contributed by atoms with Crippen molar-refractivity contribution in [2.75, 3.05) is 4.90 Å². The lowest BCUT2D eigenvalue weighted by molar-refractivity contribution is 1.07. The first-order valence-corrected chi connectivity index (χ1v) is 19.5. The van der Waals surface area contributed by atoms with Gasteiger partial charge in [0.2, 0.25) is 0 Å². The Bertz CT molecular complexity index is 2870. The van der Waals surface area contributed by atoms with E-state index >= 15 is 0 Å². The van der Waals surface area contributed by atoms with E-state index < -0.39 is 0 Å². The minimum Gasteiger partial charge on any atom is -0.311 e. The van der Waals surface area contributed by atoms with Gasteiger partial charge in [0, 0.05) is 53.9 Å². The van der Waals surface area contributed by atoms with Gasteiger partial charge in [0.15, 0.2) is 17.5 Å². The maximum Gasteiger partial charge on any atom is 0.164 e. The molecule has 4 nitrogen and oxygen atoms in total. The molecule has 0 saturated heterocycles. The largest absolute Gasteiger partial charge is 0.311 e. The Hall–Kier alpha value is -7.21. The Morgan fingerprint density at radius 2 is 0.625 bits per heavy atom. The fraction of sp³-hybridized carbons (Fsp3) is 0. The second-order valence-electron chi connectivity index (χ2n) is 13.7. The summed E-state index contributed by atoms with van der Waals surface area (Å²) in [5.41, 5.74) is 11.0. The van der Waals surface area contributed by atoms with Crippen LogP contribution in [0.15, 0.2) is 206 Å². The predicted molar refractivity (Wildman–Crippen MR) is 235 cm³/mol. The number of hydrogen-bond acceptors (Lipinski definition) is 5. The summed E-state index contributed by atoms with van der Waals surface area (Å²) in [6.07, 6.45) is 0. The second kappa shape index (κ2) is 14.6. The molecule has 56 heavy (non-hydrogen) atoms. The summed E-state index contributed by atoms with van der Waals surface area (Å²) in [6.45, 7) is 0. The lowest BCUT2D eigenvalue weighted by atomic mass is 10.0. The number of fused-ring (bicyclic) bond motifs is 3. The van der Waals surface area contributed by atoms with Crippen molar-refractivity contribution in [1.82, 2.24) is 15.0 Å². The van der Waals surface area contributed by atoms with Crippen LogP contribution in [-0.4, -0.2) is 15.0 Å². The summed E-state index contributed by atoms with van der Waals surface area (Å²) >= 11 is 1.80. The van der Waals surface area contributed by atoms with E-state index in [1.165, 1.54) is 42.4 Å². The van der Waals surface area contributed by atoms with Crippen LogP contribution < -0.4 is 4.90 Å². The molecule has 8 aromatic carbocycles. The van der Waals surface area contributed by atoms with Crippen LogP contribution in [0.25, 0.3) is 76.6 Å². The van der Waals surface area contributed by atoms with Crippen molar-refractivity contribution >= 4 is 48.6 Å². The second-order valence-corrected chi connectivity index (χ2v) is 14.8. The van der Waals surface area contributed by atoms with Gasteiger partial charge in [-0.25, -0.2) is 15.0 Å². The molecule has 0 amide bonds. The van der Waals surface area contributed by atoms with Gasteiger partial charge in [-0.15, -0.1) is 11.3 Å². The quantitative estimate of drug-likeness (QED) is 0.156. The van der Waals surface area contributed by atoms with Gasteiger partial charge in [-0.1, -0.05) is 158 Å². The molecule has 0 aliphatic rings. The van der Waals surface area contributed by atoms with Crippen LogP contribution in [0.5, 0.6) is 0 Å². The number of aromatic nitrogens is 3. The monoisotopic (exact) mass is 734 g/mol.